The van der Waals surface area contributed by atoms with Crippen molar-refractivity contribution in [2.75, 3.05) is 13.1 Å². The first-order valence-corrected chi connectivity index (χ1v) is 8.89. The van der Waals surface area contributed by atoms with Gasteiger partial charge in [-0.15, -0.1) is 0 Å². The standard InChI is InChI=1S/C20H22N4O/c25-20(9-13-24-15-22-18-5-1-2-6-19(18)24)23-12-3-4-17(14-23)16-7-10-21-11-8-16/h1-2,5-8,10-11,15,17H,3-4,9,12-14H2. The summed E-state index contributed by atoms with van der Waals surface area (Å²) in [4.78, 5) is 23.2. The number of piperidine rings is 1. The number of carbonyl (C=O) groups excluding carboxylic acids is 1. The number of aryl methyl sites for hydroxylation is 1. The number of fused-ring (bicyclic) bond motifs is 1. The Balaban J connectivity index is 1.39. The van der Waals surface area contributed by atoms with Gasteiger partial charge in [-0.25, -0.2) is 4.98 Å². The molecule has 0 radical (unpaired) electrons. The molecule has 5 heteroatoms. The number of nitrogens with zero attached hydrogens (tertiary/aromatic N) is 4. The molecule has 1 fully saturated rings. The molecule has 3 heterocycles. The molecule has 128 valence electrons. The third-order valence-electron chi connectivity index (χ3n) is 5.05. The molecule has 0 saturated carbocycles. The molecule has 1 saturated heterocycles. The number of hydrogen-bond donors (Lipinski definition) is 0. The molecule has 2 aromatic heterocycles. The van der Waals surface area contributed by atoms with Gasteiger partial charge in [0.2, 0.25) is 5.91 Å². The fourth-order valence-corrected chi connectivity index (χ4v) is 3.67. The summed E-state index contributed by atoms with van der Waals surface area (Å²) in [5.74, 6) is 0.659. The van der Waals surface area contributed by atoms with Crippen molar-refractivity contribution in [1.29, 1.82) is 0 Å². The topological polar surface area (TPSA) is 51.0 Å². The summed E-state index contributed by atoms with van der Waals surface area (Å²) >= 11 is 0. The molecule has 0 bridgehead atoms. The van der Waals surface area contributed by atoms with E-state index < -0.39 is 0 Å². The molecule has 0 N–H and O–H groups in total. The van der Waals surface area contributed by atoms with Gasteiger partial charge >= 0.3 is 0 Å². The molecule has 1 amide bonds. The van der Waals surface area contributed by atoms with Crippen LogP contribution >= 0.6 is 0 Å². The van der Waals surface area contributed by atoms with E-state index in [2.05, 4.69) is 26.7 Å². The smallest absolute Gasteiger partial charge is 0.224 e. The van der Waals surface area contributed by atoms with Crippen molar-refractivity contribution in [2.24, 2.45) is 0 Å². The van der Waals surface area contributed by atoms with Crippen molar-refractivity contribution < 1.29 is 4.79 Å². The van der Waals surface area contributed by atoms with E-state index in [4.69, 9.17) is 0 Å². The minimum atomic E-state index is 0.233. The van der Waals surface area contributed by atoms with Crippen LogP contribution < -0.4 is 0 Å². The lowest BCUT2D eigenvalue weighted by atomic mass is 9.91. The van der Waals surface area contributed by atoms with Crippen LogP contribution in [0.5, 0.6) is 0 Å². The summed E-state index contributed by atoms with van der Waals surface area (Å²) in [6, 6.07) is 12.2. The Morgan fingerprint density at radius 1 is 1.16 bits per heavy atom. The maximum absolute atomic E-state index is 12.7. The quantitative estimate of drug-likeness (QED) is 0.736. The normalized spacial score (nSPS) is 17.8. The Morgan fingerprint density at radius 2 is 2.00 bits per heavy atom. The number of rotatable bonds is 4. The van der Waals surface area contributed by atoms with Crippen LogP contribution in [-0.2, 0) is 11.3 Å². The maximum atomic E-state index is 12.7. The van der Waals surface area contributed by atoms with E-state index >= 15 is 0 Å². The van der Waals surface area contributed by atoms with Crippen molar-refractivity contribution in [3.8, 4) is 0 Å². The van der Waals surface area contributed by atoms with Gasteiger partial charge < -0.3 is 9.47 Å². The lowest BCUT2D eigenvalue weighted by molar-refractivity contribution is -0.132. The highest BCUT2D eigenvalue weighted by Gasteiger charge is 2.24. The second-order valence-corrected chi connectivity index (χ2v) is 6.64. The van der Waals surface area contributed by atoms with Crippen molar-refractivity contribution >= 4 is 16.9 Å². The second-order valence-electron chi connectivity index (χ2n) is 6.64. The SMILES string of the molecule is O=C(CCn1cnc2ccccc21)N1CCCC(c2ccncc2)C1. The highest BCUT2D eigenvalue weighted by atomic mass is 16.2. The fraction of sp³-hybridized carbons (Fsp3) is 0.350. The van der Waals surface area contributed by atoms with Crippen molar-refractivity contribution in [2.45, 2.75) is 31.7 Å². The molecule has 1 unspecified atom stereocenters. The van der Waals surface area contributed by atoms with E-state index in [1.165, 1.54) is 5.56 Å². The Kier molecular flexibility index (Phi) is 4.46. The molecule has 4 rings (SSSR count). The zero-order valence-corrected chi connectivity index (χ0v) is 14.2. The lowest BCUT2D eigenvalue weighted by Gasteiger charge is -2.33. The minimum Gasteiger partial charge on any atom is -0.342 e. The number of benzene rings is 1. The van der Waals surface area contributed by atoms with Crippen LogP contribution in [0.25, 0.3) is 11.0 Å². The summed E-state index contributed by atoms with van der Waals surface area (Å²) in [6.07, 6.45) is 8.21. The van der Waals surface area contributed by atoms with Gasteiger partial charge in [0.25, 0.3) is 0 Å². The van der Waals surface area contributed by atoms with E-state index in [1.54, 1.807) is 0 Å². The van der Waals surface area contributed by atoms with E-state index in [9.17, 15) is 4.79 Å². The highest BCUT2D eigenvalue weighted by Crippen LogP contribution is 2.26. The van der Waals surface area contributed by atoms with Crippen LogP contribution in [0.4, 0.5) is 0 Å². The zero-order valence-electron chi connectivity index (χ0n) is 14.2. The molecular weight excluding hydrogens is 312 g/mol. The Labute approximate surface area is 147 Å². The molecule has 0 aliphatic carbocycles. The third-order valence-corrected chi connectivity index (χ3v) is 5.05. The zero-order chi connectivity index (χ0) is 17.1. The predicted octanol–water partition coefficient (Wildman–Crippen LogP) is 3.23. The first-order valence-electron chi connectivity index (χ1n) is 8.89. The first kappa shape index (κ1) is 15.8. The summed E-state index contributed by atoms with van der Waals surface area (Å²) in [6.45, 7) is 2.36. The van der Waals surface area contributed by atoms with Crippen LogP contribution in [-0.4, -0.2) is 38.4 Å². The molecule has 5 nitrogen and oxygen atoms in total. The average molecular weight is 334 g/mol. The van der Waals surface area contributed by atoms with E-state index in [0.717, 1.165) is 37.0 Å². The number of pyridine rings is 1. The van der Waals surface area contributed by atoms with Crippen LogP contribution in [0.15, 0.2) is 55.1 Å². The number of hydrogen-bond acceptors (Lipinski definition) is 3. The second kappa shape index (κ2) is 7.05. The summed E-state index contributed by atoms with van der Waals surface area (Å²) in [7, 11) is 0. The third kappa shape index (κ3) is 3.40. The number of amides is 1. The average Bonchev–Trinajstić information content (AvgIpc) is 3.10. The van der Waals surface area contributed by atoms with Gasteiger partial charge in [-0.2, -0.15) is 0 Å². The molecule has 1 aliphatic rings. The van der Waals surface area contributed by atoms with Gasteiger partial charge in [0.15, 0.2) is 0 Å². The monoisotopic (exact) mass is 334 g/mol. The van der Waals surface area contributed by atoms with Gasteiger partial charge in [-0.05, 0) is 42.7 Å². The molecule has 1 aliphatic heterocycles. The van der Waals surface area contributed by atoms with Gasteiger partial charge in [-0.3, -0.25) is 9.78 Å². The van der Waals surface area contributed by atoms with Crippen LogP contribution in [0, 0.1) is 0 Å². The van der Waals surface area contributed by atoms with E-state index in [0.29, 0.717) is 18.9 Å². The molecule has 1 atom stereocenters. The van der Waals surface area contributed by atoms with Gasteiger partial charge in [0, 0.05) is 44.4 Å². The van der Waals surface area contributed by atoms with Crippen LogP contribution in [0.2, 0.25) is 0 Å². The fourth-order valence-electron chi connectivity index (χ4n) is 3.67. The molecule has 1 aromatic carbocycles. The van der Waals surface area contributed by atoms with Crippen molar-refractivity contribution in [1.82, 2.24) is 19.4 Å². The summed E-state index contributed by atoms with van der Waals surface area (Å²) < 4.78 is 2.07. The lowest BCUT2D eigenvalue weighted by Crippen LogP contribution is -2.39. The van der Waals surface area contributed by atoms with Crippen LogP contribution in [0.3, 0.4) is 0 Å². The predicted molar refractivity (Wildman–Crippen MR) is 97.1 cm³/mol. The largest absolute Gasteiger partial charge is 0.342 e. The Morgan fingerprint density at radius 3 is 2.88 bits per heavy atom. The van der Waals surface area contributed by atoms with Gasteiger partial charge in [-0.1, -0.05) is 12.1 Å². The number of para-hydroxylation sites is 2. The maximum Gasteiger partial charge on any atom is 0.224 e. The minimum absolute atomic E-state index is 0.233. The summed E-state index contributed by atoms with van der Waals surface area (Å²) in [5, 5.41) is 0. The molecular formula is C20H22N4O. The molecule has 25 heavy (non-hydrogen) atoms. The molecule has 0 spiro atoms. The first-order chi connectivity index (χ1) is 12.3. The Bertz CT molecular complexity index is 858. The van der Waals surface area contributed by atoms with Crippen molar-refractivity contribution in [3.63, 3.8) is 0 Å². The number of likely N-dealkylation sites (tertiary alicyclic amines) is 1. The number of imidazole rings is 1. The van der Waals surface area contributed by atoms with E-state index in [1.807, 2.05) is 47.9 Å². The van der Waals surface area contributed by atoms with Crippen molar-refractivity contribution in [3.05, 3.63) is 60.7 Å². The summed E-state index contributed by atoms with van der Waals surface area (Å²) in [5.41, 5.74) is 3.35. The van der Waals surface area contributed by atoms with E-state index in [-0.39, 0.29) is 5.91 Å². The van der Waals surface area contributed by atoms with Gasteiger partial charge in [0.1, 0.15) is 0 Å². The highest BCUT2D eigenvalue weighted by molar-refractivity contribution is 5.77. The number of aromatic nitrogens is 3. The molecule has 3 aromatic rings. The Hall–Kier alpha value is -2.69. The van der Waals surface area contributed by atoms with Gasteiger partial charge in [0.05, 0.1) is 17.4 Å². The van der Waals surface area contributed by atoms with Crippen LogP contribution in [0.1, 0.15) is 30.7 Å². The number of carbonyl (C=O) groups is 1.